The highest BCUT2D eigenvalue weighted by molar-refractivity contribution is 6.44. The van der Waals surface area contributed by atoms with Gasteiger partial charge in [-0.1, -0.05) is 34.8 Å². The van der Waals surface area contributed by atoms with Crippen molar-refractivity contribution in [1.82, 2.24) is 4.98 Å². The number of hydrogen-bond acceptors (Lipinski definition) is 3. The Morgan fingerprint density at radius 2 is 1.79 bits per heavy atom. The summed E-state index contributed by atoms with van der Waals surface area (Å²) in [5.41, 5.74) is 2.01. The maximum Gasteiger partial charge on any atom is 0.138 e. The number of rotatable bonds is 3. The molecule has 2 aromatic rings. The van der Waals surface area contributed by atoms with Crippen molar-refractivity contribution >= 4 is 40.5 Å². The van der Waals surface area contributed by atoms with Crippen molar-refractivity contribution in [3.63, 3.8) is 0 Å². The number of nitrogens with one attached hydrogen (secondary N) is 1. The summed E-state index contributed by atoms with van der Waals surface area (Å²) >= 11 is 17.8. The Morgan fingerprint density at radius 3 is 2.53 bits per heavy atom. The van der Waals surface area contributed by atoms with Gasteiger partial charge in [-0.2, -0.15) is 0 Å². The molecule has 0 aliphatic rings. The lowest BCUT2D eigenvalue weighted by Gasteiger charge is -2.10. The zero-order chi connectivity index (χ0) is 14.0. The molecule has 0 aliphatic heterocycles. The second-order valence-corrected chi connectivity index (χ2v) is 5.24. The highest BCUT2D eigenvalue weighted by Crippen LogP contribution is 2.32. The second-order valence-electron chi connectivity index (χ2n) is 4.02. The number of aromatic nitrogens is 1. The lowest BCUT2D eigenvalue weighted by Crippen LogP contribution is -2.03. The fourth-order valence-corrected chi connectivity index (χ4v) is 2.18. The molecule has 0 amide bonds. The number of aromatic hydroxyl groups is 1. The Hall–Kier alpha value is -1.16. The van der Waals surface area contributed by atoms with E-state index in [0.29, 0.717) is 33.0 Å². The van der Waals surface area contributed by atoms with E-state index in [1.165, 1.54) is 0 Å². The van der Waals surface area contributed by atoms with Crippen LogP contribution in [0, 0.1) is 6.92 Å². The molecule has 0 spiro atoms. The standard InChI is InChI=1S/C13H11Cl3N2O/c1-7-2-3-13(19)12(18-7)6-17-11-5-9(15)8(14)4-10(11)16/h2-5,17,19H,6H2,1H3. The summed E-state index contributed by atoms with van der Waals surface area (Å²) in [6.07, 6.45) is 0. The molecule has 0 aliphatic carbocycles. The Labute approximate surface area is 126 Å². The van der Waals surface area contributed by atoms with Crippen molar-refractivity contribution in [3.8, 4) is 5.75 Å². The van der Waals surface area contributed by atoms with Gasteiger partial charge >= 0.3 is 0 Å². The van der Waals surface area contributed by atoms with Gasteiger partial charge in [0.15, 0.2) is 0 Å². The Bertz CT molecular complexity index is 617. The lowest BCUT2D eigenvalue weighted by molar-refractivity contribution is 0.464. The smallest absolute Gasteiger partial charge is 0.138 e. The molecule has 0 saturated carbocycles. The third-order valence-corrected chi connectivity index (χ3v) is 3.58. The quantitative estimate of drug-likeness (QED) is 0.809. The molecule has 0 atom stereocenters. The van der Waals surface area contributed by atoms with E-state index in [-0.39, 0.29) is 5.75 Å². The summed E-state index contributed by atoms with van der Waals surface area (Å²) in [5.74, 6) is 0.134. The van der Waals surface area contributed by atoms with Crippen molar-refractivity contribution in [1.29, 1.82) is 0 Å². The second kappa shape index (κ2) is 5.87. The van der Waals surface area contributed by atoms with Crippen LogP contribution in [0.15, 0.2) is 24.3 Å². The summed E-state index contributed by atoms with van der Waals surface area (Å²) in [6.45, 7) is 2.19. The third kappa shape index (κ3) is 3.44. The Morgan fingerprint density at radius 1 is 1.11 bits per heavy atom. The van der Waals surface area contributed by atoms with E-state index >= 15 is 0 Å². The number of benzene rings is 1. The van der Waals surface area contributed by atoms with Crippen LogP contribution in [0.2, 0.25) is 15.1 Å². The number of pyridine rings is 1. The van der Waals surface area contributed by atoms with Crippen LogP contribution in [-0.4, -0.2) is 10.1 Å². The number of nitrogens with zero attached hydrogens (tertiary/aromatic N) is 1. The van der Waals surface area contributed by atoms with E-state index in [1.807, 2.05) is 6.92 Å². The predicted octanol–water partition coefficient (Wildman–Crippen LogP) is 4.67. The van der Waals surface area contributed by atoms with E-state index in [4.69, 9.17) is 34.8 Å². The van der Waals surface area contributed by atoms with Crippen LogP contribution in [-0.2, 0) is 6.54 Å². The molecule has 1 heterocycles. The molecule has 2 rings (SSSR count). The topological polar surface area (TPSA) is 45.1 Å². The highest BCUT2D eigenvalue weighted by Gasteiger charge is 2.08. The van der Waals surface area contributed by atoms with Crippen LogP contribution in [0.1, 0.15) is 11.4 Å². The number of halogens is 3. The molecule has 100 valence electrons. The van der Waals surface area contributed by atoms with Gasteiger partial charge in [-0.25, -0.2) is 0 Å². The normalized spacial score (nSPS) is 10.5. The zero-order valence-corrected chi connectivity index (χ0v) is 12.3. The highest BCUT2D eigenvalue weighted by atomic mass is 35.5. The van der Waals surface area contributed by atoms with Crippen LogP contribution < -0.4 is 5.32 Å². The maximum absolute atomic E-state index is 9.70. The molecular weight excluding hydrogens is 307 g/mol. The molecule has 6 heteroatoms. The largest absolute Gasteiger partial charge is 0.506 e. The van der Waals surface area contributed by atoms with E-state index in [0.717, 1.165) is 5.69 Å². The van der Waals surface area contributed by atoms with Crippen LogP contribution in [0.3, 0.4) is 0 Å². The van der Waals surface area contributed by atoms with Gasteiger partial charge in [0.25, 0.3) is 0 Å². The summed E-state index contributed by atoms with van der Waals surface area (Å²) in [6, 6.07) is 6.55. The van der Waals surface area contributed by atoms with Crippen molar-refractivity contribution in [3.05, 3.63) is 50.7 Å². The molecule has 0 unspecified atom stereocenters. The van der Waals surface area contributed by atoms with Gasteiger partial charge in [0.05, 0.1) is 27.3 Å². The predicted molar refractivity (Wildman–Crippen MR) is 79.4 cm³/mol. The van der Waals surface area contributed by atoms with E-state index < -0.39 is 0 Å². The van der Waals surface area contributed by atoms with E-state index in [1.54, 1.807) is 24.3 Å². The van der Waals surface area contributed by atoms with Gasteiger partial charge in [-0.15, -0.1) is 0 Å². The third-order valence-electron chi connectivity index (χ3n) is 2.55. The molecule has 0 radical (unpaired) electrons. The monoisotopic (exact) mass is 316 g/mol. The molecule has 0 fully saturated rings. The van der Waals surface area contributed by atoms with Crippen LogP contribution in [0.4, 0.5) is 5.69 Å². The molecule has 1 aromatic carbocycles. The van der Waals surface area contributed by atoms with Crippen molar-refractivity contribution in [2.75, 3.05) is 5.32 Å². The van der Waals surface area contributed by atoms with Gasteiger partial charge in [-0.05, 0) is 31.2 Å². The Balaban J connectivity index is 2.19. The molecule has 1 aromatic heterocycles. The van der Waals surface area contributed by atoms with Crippen molar-refractivity contribution < 1.29 is 5.11 Å². The Kier molecular flexibility index (Phi) is 4.40. The average Bonchev–Trinajstić information content (AvgIpc) is 2.36. The van der Waals surface area contributed by atoms with Crippen LogP contribution >= 0.6 is 34.8 Å². The summed E-state index contributed by atoms with van der Waals surface area (Å²) in [4.78, 5) is 4.24. The number of aryl methyl sites for hydroxylation is 1. The first kappa shape index (κ1) is 14.3. The van der Waals surface area contributed by atoms with Crippen LogP contribution in [0.25, 0.3) is 0 Å². The molecule has 3 nitrogen and oxygen atoms in total. The first-order valence-electron chi connectivity index (χ1n) is 5.51. The molecule has 2 N–H and O–H groups in total. The maximum atomic E-state index is 9.70. The number of hydrogen-bond donors (Lipinski definition) is 2. The van der Waals surface area contributed by atoms with E-state index in [9.17, 15) is 5.11 Å². The molecular formula is C13H11Cl3N2O. The summed E-state index contributed by atoms with van der Waals surface area (Å²) < 4.78 is 0. The summed E-state index contributed by atoms with van der Waals surface area (Å²) in [7, 11) is 0. The van der Waals surface area contributed by atoms with Gasteiger partial charge < -0.3 is 10.4 Å². The van der Waals surface area contributed by atoms with Crippen LogP contribution in [0.5, 0.6) is 5.75 Å². The average molecular weight is 318 g/mol. The summed E-state index contributed by atoms with van der Waals surface area (Å²) in [5, 5.41) is 14.0. The van der Waals surface area contributed by atoms with Gasteiger partial charge in [0.1, 0.15) is 11.4 Å². The van der Waals surface area contributed by atoms with E-state index in [2.05, 4.69) is 10.3 Å². The molecule has 0 bridgehead atoms. The minimum Gasteiger partial charge on any atom is -0.506 e. The number of anilines is 1. The van der Waals surface area contributed by atoms with Crippen molar-refractivity contribution in [2.45, 2.75) is 13.5 Å². The minimum atomic E-state index is 0.134. The first-order valence-corrected chi connectivity index (χ1v) is 6.64. The molecule has 19 heavy (non-hydrogen) atoms. The fourth-order valence-electron chi connectivity index (χ4n) is 1.57. The van der Waals surface area contributed by atoms with Gasteiger partial charge in [0, 0.05) is 5.69 Å². The SMILES string of the molecule is Cc1ccc(O)c(CNc2cc(Cl)c(Cl)cc2Cl)n1. The zero-order valence-electron chi connectivity index (χ0n) is 10.0. The van der Waals surface area contributed by atoms with Gasteiger partial charge in [-0.3, -0.25) is 4.98 Å². The first-order chi connectivity index (χ1) is 8.97. The minimum absolute atomic E-state index is 0.134. The van der Waals surface area contributed by atoms with Gasteiger partial charge in [0.2, 0.25) is 0 Å². The lowest BCUT2D eigenvalue weighted by atomic mass is 10.2. The molecule has 0 saturated heterocycles. The van der Waals surface area contributed by atoms with Crippen molar-refractivity contribution in [2.24, 2.45) is 0 Å². The fraction of sp³-hybridized carbons (Fsp3) is 0.154.